The molecule has 0 bridgehead atoms. The highest BCUT2D eigenvalue weighted by molar-refractivity contribution is 5.76. The van der Waals surface area contributed by atoms with Gasteiger partial charge < -0.3 is 15.5 Å². The van der Waals surface area contributed by atoms with Gasteiger partial charge in [0.25, 0.3) is 0 Å². The molecule has 0 aromatic heterocycles. The Kier molecular flexibility index (Phi) is 23.6. The third kappa shape index (κ3) is 20.8. The molecular formula is C28H53NO3. The predicted octanol–water partition coefficient (Wildman–Crippen LogP) is 7.00. The Bertz CT molecular complexity index is 462. The zero-order valence-corrected chi connectivity index (χ0v) is 21.2. The number of unbranched alkanes of at least 4 members (excludes halogenated alkanes) is 14. The van der Waals surface area contributed by atoms with Crippen LogP contribution in [0.1, 0.15) is 129 Å². The topological polar surface area (TPSA) is 69.6 Å². The standard InChI is InChI=1S/C28H53NO3/c1-3-5-7-9-10-11-12-13-14-15-16-17-18-20-21-23-27(31)26(25-30)29-28(32)24-22-19-8-6-4-2/h16-17,21,23,26-27,30-31H,3-15,18-20,22,24-25H2,1-2H3,(H,29,32)/b17-16+,23-21+. The maximum atomic E-state index is 12.0. The van der Waals surface area contributed by atoms with E-state index in [1.165, 1.54) is 70.6 Å². The molecule has 0 rings (SSSR count). The van der Waals surface area contributed by atoms with Crippen LogP contribution in [0.15, 0.2) is 24.3 Å². The quantitative estimate of drug-likeness (QED) is 0.116. The highest BCUT2D eigenvalue weighted by atomic mass is 16.3. The predicted molar refractivity (Wildman–Crippen MR) is 138 cm³/mol. The summed E-state index contributed by atoms with van der Waals surface area (Å²) in [6.45, 7) is 4.17. The van der Waals surface area contributed by atoms with E-state index >= 15 is 0 Å². The highest BCUT2D eigenvalue weighted by Crippen LogP contribution is 2.11. The number of rotatable bonds is 23. The average molecular weight is 452 g/mol. The van der Waals surface area contributed by atoms with Gasteiger partial charge in [-0.05, 0) is 32.1 Å². The zero-order valence-electron chi connectivity index (χ0n) is 21.2. The van der Waals surface area contributed by atoms with E-state index in [-0.39, 0.29) is 12.5 Å². The van der Waals surface area contributed by atoms with Crippen LogP contribution in [0.4, 0.5) is 0 Å². The molecule has 0 aliphatic heterocycles. The number of allylic oxidation sites excluding steroid dienone is 3. The molecule has 0 aliphatic rings. The van der Waals surface area contributed by atoms with E-state index in [4.69, 9.17) is 0 Å². The summed E-state index contributed by atoms with van der Waals surface area (Å²) in [5.41, 5.74) is 0. The first-order valence-corrected chi connectivity index (χ1v) is 13.6. The molecule has 0 saturated heterocycles. The molecule has 0 spiro atoms. The van der Waals surface area contributed by atoms with Crippen LogP contribution in [-0.4, -0.2) is 34.9 Å². The molecule has 0 aliphatic carbocycles. The Morgan fingerprint density at radius 3 is 1.81 bits per heavy atom. The van der Waals surface area contributed by atoms with E-state index in [1.54, 1.807) is 6.08 Å². The summed E-state index contributed by atoms with van der Waals surface area (Å²) in [7, 11) is 0. The highest BCUT2D eigenvalue weighted by Gasteiger charge is 2.17. The van der Waals surface area contributed by atoms with Crippen molar-refractivity contribution in [2.24, 2.45) is 0 Å². The largest absolute Gasteiger partial charge is 0.394 e. The van der Waals surface area contributed by atoms with Gasteiger partial charge in [0.15, 0.2) is 0 Å². The fraction of sp³-hybridized carbons (Fsp3) is 0.821. The minimum atomic E-state index is -0.852. The van der Waals surface area contributed by atoms with Gasteiger partial charge in [-0.15, -0.1) is 0 Å². The molecule has 188 valence electrons. The molecule has 0 aromatic rings. The average Bonchev–Trinajstić information content (AvgIpc) is 2.79. The van der Waals surface area contributed by atoms with Gasteiger partial charge in [-0.2, -0.15) is 0 Å². The van der Waals surface area contributed by atoms with Crippen molar-refractivity contribution in [1.82, 2.24) is 5.32 Å². The molecular weight excluding hydrogens is 398 g/mol. The smallest absolute Gasteiger partial charge is 0.220 e. The van der Waals surface area contributed by atoms with Crippen LogP contribution in [-0.2, 0) is 4.79 Å². The molecule has 4 nitrogen and oxygen atoms in total. The molecule has 2 atom stereocenters. The summed E-state index contributed by atoms with van der Waals surface area (Å²) in [5.74, 6) is -0.0903. The van der Waals surface area contributed by atoms with Crippen LogP contribution >= 0.6 is 0 Å². The zero-order chi connectivity index (χ0) is 23.7. The summed E-state index contributed by atoms with van der Waals surface area (Å²) in [6.07, 6.45) is 28.4. The van der Waals surface area contributed by atoms with Gasteiger partial charge in [0.1, 0.15) is 0 Å². The maximum Gasteiger partial charge on any atom is 0.220 e. The first-order valence-electron chi connectivity index (χ1n) is 13.6. The lowest BCUT2D eigenvalue weighted by molar-refractivity contribution is -0.123. The van der Waals surface area contributed by atoms with Gasteiger partial charge in [0.05, 0.1) is 18.8 Å². The van der Waals surface area contributed by atoms with E-state index in [9.17, 15) is 15.0 Å². The van der Waals surface area contributed by atoms with Crippen LogP contribution in [0, 0.1) is 0 Å². The van der Waals surface area contributed by atoms with Crippen LogP contribution in [0.2, 0.25) is 0 Å². The van der Waals surface area contributed by atoms with E-state index < -0.39 is 12.1 Å². The third-order valence-electron chi connectivity index (χ3n) is 5.94. The van der Waals surface area contributed by atoms with E-state index in [0.29, 0.717) is 6.42 Å². The van der Waals surface area contributed by atoms with Crippen LogP contribution < -0.4 is 5.32 Å². The number of aliphatic hydroxyl groups is 2. The van der Waals surface area contributed by atoms with Crippen LogP contribution in [0.3, 0.4) is 0 Å². The number of hydrogen-bond acceptors (Lipinski definition) is 3. The number of nitrogens with one attached hydrogen (secondary N) is 1. The van der Waals surface area contributed by atoms with Gasteiger partial charge in [-0.25, -0.2) is 0 Å². The molecule has 32 heavy (non-hydrogen) atoms. The second kappa shape index (κ2) is 24.5. The van der Waals surface area contributed by atoms with Crippen LogP contribution in [0.25, 0.3) is 0 Å². The van der Waals surface area contributed by atoms with Gasteiger partial charge in [-0.1, -0.05) is 115 Å². The lowest BCUT2D eigenvalue weighted by Crippen LogP contribution is -2.45. The van der Waals surface area contributed by atoms with Crippen molar-refractivity contribution in [3.05, 3.63) is 24.3 Å². The van der Waals surface area contributed by atoms with E-state index in [1.807, 2.05) is 6.08 Å². The number of aliphatic hydroxyl groups excluding tert-OH is 2. The minimum absolute atomic E-state index is 0.0903. The van der Waals surface area contributed by atoms with Gasteiger partial charge in [0, 0.05) is 6.42 Å². The normalized spacial score (nSPS) is 13.8. The maximum absolute atomic E-state index is 12.0. The molecule has 2 unspecified atom stereocenters. The summed E-state index contributed by atoms with van der Waals surface area (Å²) in [4.78, 5) is 12.0. The summed E-state index contributed by atoms with van der Waals surface area (Å²) in [5, 5.41) is 22.5. The van der Waals surface area contributed by atoms with Crippen molar-refractivity contribution in [2.75, 3.05) is 6.61 Å². The number of carbonyl (C=O) groups excluding carboxylic acids is 1. The third-order valence-corrected chi connectivity index (χ3v) is 5.94. The van der Waals surface area contributed by atoms with Crippen molar-refractivity contribution in [3.8, 4) is 0 Å². The summed E-state index contributed by atoms with van der Waals surface area (Å²) >= 11 is 0. The number of hydrogen-bond donors (Lipinski definition) is 3. The Morgan fingerprint density at radius 2 is 1.22 bits per heavy atom. The molecule has 1 amide bonds. The summed E-state index contributed by atoms with van der Waals surface area (Å²) in [6, 6.07) is -0.628. The Morgan fingerprint density at radius 1 is 0.719 bits per heavy atom. The van der Waals surface area contributed by atoms with E-state index in [0.717, 1.165) is 38.5 Å². The molecule has 4 heteroatoms. The fourth-order valence-electron chi connectivity index (χ4n) is 3.78. The molecule has 0 radical (unpaired) electrons. The Balaban J connectivity index is 3.73. The monoisotopic (exact) mass is 451 g/mol. The van der Waals surface area contributed by atoms with Crippen molar-refractivity contribution in [3.63, 3.8) is 0 Å². The van der Waals surface area contributed by atoms with Crippen molar-refractivity contribution < 1.29 is 15.0 Å². The molecule has 0 aromatic carbocycles. The number of carbonyl (C=O) groups is 1. The first kappa shape index (κ1) is 30.9. The Hall–Kier alpha value is -1.13. The second-order valence-corrected chi connectivity index (χ2v) is 9.11. The van der Waals surface area contributed by atoms with Crippen molar-refractivity contribution in [1.29, 1.82) is 0 Å². The molecule has 3 N–H and O–H groups in total. The lowest BCUT2D eigenvalue weighted by atomic mass is 10.1. The van der Waals surface area contributed by atoms with Gasteiger partial charge in [-0.3, -0.25) is 4.79 Å². The fourth-order valence-corrected chi connectivity index (χ4v) is 3.78. The van der Waals surface area contributed by atoms with Crippen molar-refractivity contribution >= 4 is 5.91 Å². The second-order valence-electron chi connectivity index (χ2n) is 9.11. The lowest BCUT2D eigenvalue weighted by Gasteiger charge is -2.19. The van der Waals surface area contributed by atoms with E-state index in [2.05, 4.69) is 31.3 Å². The molecule has 0 fully saturated rings. The van der Waals surface area contributed by atoms with Crippen LogP contribution in [0.5, 0.6) is 0 Å². The molecule has 0 saturated carbocycles. The number of amides is 1. The first-order chi connectivity index (χ1) is 15.7. The summed E-state index contributed by atoms with van der Waals surface area (Å²) < 4.78 is 0. The SMILES string of the molecule is CCCCCCCCCCC/C=C/CC/C=C/C(O)C(CO)NC(=O)CCCCCCC. The van der Waals surface area contributed by atoms with Gasteiger partial charge >= 0.3 is 0 Å². The van der Waals surface area contributed by atoms with Crippen molar-refractivity contribution in [2.45, 2.75) is 142 Å². The molecule has 0 heterocycles. The van der Waals surface area contributed by atoms with Gasteiger partial charge in [0.2, 0.25) is 5.91 Å². The minimum Gasteiger partial charge on any atom is -0.394 e. The Labute approximate surface area is 199 Å².